The second kappa shape index (κ2) is 5.98. The first-order valence-electron chi connectivity index (χ1n) is 6.11. The van der Waals surface area contributed by atoms with Gasteiger partial charge in [0.25, 0.3) is 10.1 Å². The van der Waals surface area contributed by atoms with Crippen LogP contribution in [0.25, 0.3) is 0 Å². The predicted molar refractivity (Wildman–Crippen MR) is 65.1 cm³/mol. The maximum absolute atomic E-state index is 10.8. The van der Waals surface area contributed by atoms with E-state index in [1.54, 1.807) is 0 Å². The zero-order valence-electron chi connectivity index (χ0n) is 10.2. The lowest BCUT2D eigenvalue weighted by molar-refractivity contribution is 0.128. The normalized spacial score (nSPS) is 19.6. The quantitative estimate of drug-likeness (QED) is 0.756. The first-order valence-corrected chi connectivity index (χ1v) is 7.72. The van der Waals surface area contributed by atoms with Gasteiger partial charge >= 0.3 is 0 Å². The van der Waals surface area contributed by atoms with Gasteiger partial charge in [0.15, 0.2) is 0 Å². The third-order valence-electron chi connectivity index (χ3n) is 3.31. The Morgan fingerprint density at radius 3 is 2.25 bits per heavy atom. The van der Waals surface area contributed by atoms with Gasteiger partial charge < -0.3 is 0 Å². The monoisotopic (exact) mass is 249 g/mol. The molecule has 1 saturated carbocycles. The Labute approximate surface area is 98.8 Å². The van der Waals surface area contributed by atoms with E-state index in [0.29, 0.717) is 18.6 Å². The highest BCUT2D eigenvalue weighted by Crippen LogP contribution is 2.23. The minimum Gasteiger partial charge on any atom is -0.297 e. The maximum Gasteiger partial charge on any atom is 0.266 e. The van der Waals surface area contributed by atoms with Gasteiger partial charge in [-0.05, 0) is 26.7 Å². The molecule has 1 rings (SSSR count). The SMILES string of the molecule is CC(C)N(CCS(=O)(=O)O)C1CCCCC1. The molecule has 0 heterocycles. The molecule has 0 atom stereocenters. The number of nitrogens with zero attached hydrogens (tertiary/aromatic N) is 1. The lowest BCUT2D eigenvalue weighted by atomic mass is 9.93. The van der Waals surface area contributed by atoms with Crippen LogP contribution in [0.4, 0.5) is 0 Å². The summed E-state index contributed by atoms with van der Waals surface area (Å²) in [7, 11) is -3.83. The van der Waals surface area contributed by atoms with E-state index in [0.717, 1.165) is 12.8 Å². The van der Waals surface area contributed by atoms with Crippen LogP contribution in [0.2, 0.25) is 0 Å². The fourth-order valence-electron chi connectivity index (χ4n) is 2.50. The third-order valence-corrected chi connectivity index (χ3v) is 4.01. The Bertz CT molecular complexity index is 294. The molecular formula is C11H23NO3S. The Balaban J connectivity index is 2.52. The molecule has 0 radical (unpaired) electrons. The maximum atomic E-state index is 10.8. The molecule has 4 nitrogen and oxygen atoms in total. The molecule has 1 aliphatic carbocycles. The highest BCUT2D eigenvalue weighted by molar-refractivity contribution is 7.85. The minimum absolute atomic E-state index is 0.151. The molecule has 16 heavy (non-hydrogen) atoms. The van der Waals surface area contributed by atoms with Crippen LogP contribution in [0.3, 0.4) is 0 Å². The molecule has 0 aromatic heterocycles. The number of hydrogen-bond donors (Lipinski definition) is 1. The Hall–Kier alpha value is -0.130. The van der Waals surface area contributed by atoms with Gasteiger partial charge in [-0.15, -0.1) is 0 Å². The largest absolute Gasteiger partial charge is 0.297 e. The topological polar surface area (TPSA) is 57.6 Å². The summed E-state index contributed by atoms with van der Waals surface area (Å²) >= 11 is 0. The zero-order chi connectivity index (χ0) is 12.2. The highest BCUT2D eigenvalue weighted by Gasteiger charge is 2.24. The Morgan fingerprint density at radius 2 is 1.81 bits per heavy atom. The molecule has 0 aliphatic heterocycles. The molecule has 0 saturated heterocycles. The average molecular weight is 249 g/mol. The van der Waals surface area contributed by atoms with Crippen molar-refractivity contribution in [3.63, 3.8) is 0 Å². The van der Waals surface area contributed by atoms with E-state index in [1.807, 2.05) is 0 Å². The van der Waals surface area contributed by atoms with Crippen molar-refractivity contribution in [3.8, 4) is 0 Å². The van der Waals surface area contributed by atoms with Crippen molar-refractivity contribution >= 4 is 10.1 Å². The Kier molecular flexibility index (Phi) is 5.21. The molecule has 0 amide bonds. The smallest absolute Gasteiger partial charge is 0.266 e. The zero-order valence-corrected chi connectivity index (χ0v) is 11.0. The number of rotatable bonds is 5. The summed E-state index contributed by atoms with van der Waals surface area (Å²) in [5.74, 6) is -0.151. The van der Waals surface area contributed by atoms with Gasteiger partial charge in [0.2, 0.25) is 0 Å². The summed E-state index contributed by atoms with van der Waals surface area (Å²) in [4.78, 5) is 2.22. The first-order chi connectivity index (χ1) is 7.40. The van der Waals surface area contributed by atoms with E-state index in [2.05, 4.69) is 18.7 Å². The van der Waals surface area contributed by atoms with Gasteiger partial charge in [-0.2, -0.15) is 8.42 Å². The summed E-state index contributed by atoms with van der Waals surface area (Å²) in [5, 5.41) is 0. The summed E-state index contributed by atoms with van der Waals surface area (Å²) in [5.41, 5.74) is 0. The van der Waals surface area contributed by atoms with Crippen LogP contribution in [-0.4, -0.2) is 42.3 Å². The van der Waals surface area contributed by atoms with E-state index in [1.165, 1.54) is 19.3 Å². The van der Waals surface area contributed by atoms with Crippen LogP contribution in [0.15, 0.2) is 0 Å². The van der Waals surface area contributed by atoms with Crippen molar-refractivity contribution in [2.75, 3.05) is 12.3 Å². The van der Waals surface area contributed by atoms with Crippen LogP contribution in [0, 0.1) is 0 Å². The van der Waals surface area contributed by atoms with Crippen molar-refractivity contribution < 1.29 is 13.0 Å². The molecule has 1 N–H and O–H groups in total. The van der Waals surface area contributed by atoms with E-state index in [9.17, 15) is 8.42 Å². The van der Waals surface area contributed by atoms with Crippen LogP contribution in [0.5, 0.6) is 0 Å². The lowest BCUT2D eigenvalue weighted by Crippen LogP contribution is -2.44. The molecule has 1 fully saturated rings. The van der Waals surface area contributed by atoms with E-state index in [4.69, 9.17) is 4.55 Å². The van der Waals surface area contributed by atoms with Crippen LogP contribution >= 0.6 is 0 Å². The predicted octanol–water partition coefficient (Wildman–Crippen LogP) is 1.92. The molecular weight excluding hydrogens is 226 g/mol. The van der Waals surface area contributed by atoms with Crippen LogP contribution in [0.1, 0.15) is 46.0 Å². The van der Waals surface area contributed by atoms with Gasteiger partial charge in [0.05, 0.1) is 5.75 Å². The van der Waals surface area contributed by atoms with Crippen molar-refractivity contribution in [1.29, 1.82) is 0 Å². The average Bonchev–Trinajstić information content (AvgIpc) is 2.17. The van der Waals surface area contributed by atoms with E-state index >= 15 is 0 Å². The number of hydrogen-bond acceptors (Lipinski definition) is 3. The van der Waals surface area contributed by atoms with Gasteiger partial charge in [-0.3, -0.25) is 9.45 Å². The first kappa shape index (κ1) is 13.9. The molecule has 0 spiro atoms. The molecule has 0 aromatic carbocycles. The fourth-order valence-corrected chi connectivity index (χ4v) is 2.94. The van der Waals surface area contributed by atoms with Crippen LogP contribution < -0.4 is 0 Å². The molecule has 96 valence electrons. The molecule has 5 heteroatoms. The second-order valence-electron chi connectivity index (χ2n) is 4.91. The molecule has 0 unspecified atom stereocenters. The molecule has 1 aliphatic rings. The third kappa shape index (κ3) is 4.80. The van der Waals surface area contributed by atoms with Crippen molar-refractivity contribution in [2.45, 2.75) is 58.0 Å². The van der Waals surface area contributed by atoms with Crippen LogP contribution in [-0.2, 0) is 10.1 Å². The van der Waals surface area contributed by atoms with Crippen molar-refractivity contribution in [3.05, 3.63) is 0 Å². The minimum atomic E-state index is -3.83. The second-order valence-corrected chi connectivity index (χ2v) is 6.48. The van der Waals surface area contributed by atoms with Crippen molar-refractivity contribution in [1.82, 2.24) is 4.90 Å². The van der Waals surface area contributed by atoms with Gasteiger partial charge in [0.1, 0.15) is 0 Å². The summed E-state index contributed by atoms with van der Waals surface area (Å²) < 4.78 is 30.3. The van der Waals surface area contributed by atoms with Gasteiger partial charge in [-0.1, -0.05) is 19.3 Å². The summed E-state index contributed by atoms with van der Waals surface area (Å²) in [6.07, 6.45) is 6.08. The Morgan fingerprint density at radius 1 is 1.25 bits per heavy atom. The van der Waals surface area contributed by atoms with E-state index < -0.39 is 10.1 Å². The molecule has 0 aromatic rings. The molecule has 0 bridgehead atoms. The van der Waals surface area contributed by atoms with Gasteiger partial charge in [0, 0.05) is 18.6 Å². The van der Waals surface area contributed by atoms with Gasteiger partial charge in [-0.25, -0.2) is 0 Å². The summed E-state index contributed by atoms with van der Waals surface area (Å²) in [6.45, 7) is 4.61. The summed E-state index contributed by atoms with van der Waals surface area (Å²) in [6, 6.07) is 0.834. The van der Waals surface area contributed by atoms with Crippen molar-refractivity contribution in [2.24, 2.45) is 0 Å². The standard InChI is InChI=1S/C11H23NO3S/c1-10(2)12(8-9-16(13,14)15)11-6-4-3-5-7-11/h10-11H,3-9H2,1-2H3,(H,13,14,15). The highest BCUT2D eigenvalue weighted by atomic mass is 32.2. The fraction of sp³-hybridized carbons (Fsp3) is 1.00. The lowest BCUT2D eigenvalue weighted by Gasteiger charge is -2.37. The van der Waals surface area contributed by atoms with E-state index in [-0.39, 0.29) is 5.75 Å².